The van der Waals surface area contributed by atoms with Crippen molar-refractivity contribution in [1.29, 1.82) is 0 Å². The van der Waals surface area contributed by atoms with Crippen LogP contribution >= 0.6 is 0 Å². The normalized spacial score (nSPS) is 11.7. The van der Waals surface area contributed by atoms with Crippen molar-refractivity contribution >= 4 is 32.8 Å². The number of aryl methyl sites for hydroxylation is 5. The van der Waals surface area contributed by atoms with E-state index in [1.807, 2.05) is 0 Å². The molecule has 0 saturated heterocycles. The zero-order chi connectivity index (χ0) is 26.8. The van der Waals surface area contributed by atoms with E-state index in [-0.39, 0.29) is 0 Å². The molecule has 0 unspecified atom stereocenters. The molecule has 0 spiro atoms. The van der Waals surface area contributed by atoms with E-state index in [4.69, 9.17) is 4.98 Å². The molecular weight excluding hydrogens is 474 g/mol. The smallest absolute Gasteiger partial charge is 0.215 e. The van der Waals surface area contributed by atoms with Gasteiger partial charge in [0.05, 0.1) is 22.1 Å². The van der Waals surface area contributed by atoms with E-state index in [1.165, 1.54) is 55.3 Å². The first-order chi connectivity index (χ1) is 18.9. The maximum absolute atomic E-state index is 5.09. The van der Waals surface area contributed by atoms with Gasteiger partial charge < -0.3 is 4.57 Å². The van der Waals surface area contributed by atoms with Crippen molar-refractivity contribution in [2.75, 3.05) is 0 Å². The molecule has 0 fully saturated rings. The minimum absolute atomic E-state index is 0.926. The number of aromatic nitrogens is 3. The van der Waals surface area contributed by atoms with Crippen LogP contribution in [0.25, 0.3) is 61.0 Å². The minimum atomic E-state index is 0.926. The fourth-order valence-electron chi connectivity index (χ4n) is 6.18. The lowest BCUT2D eigenvalue weighted by molar-refractivity contribution is 0.870. The van der Waals surface area contributed by atoms with Crippen LogP contribution < -0.4 is 0 Å². The number of rotatable bonds is 3. The van der Waals surface area contributed by atoms with Gasteiger partial charge in [0.2, 0.25) is 5.95 Å². The van der Waals surface area contributed by atoms with Crippen LogP contribution in [0.3, 0.4) is 0 Å². The third-order valence-corrected chi connectivity index (χ3v) is 8.11. The standard InChI is InChI=1S/C36H31N3/c1-22-10-14-28(24(3)18-22)26-12-16-33-30(20-26)31-21-27(29-15-11-23(2)19-25(29)4)13-17-34(31)39(33)36-37-32-8-6-7-9-35(32)38(36)5/h6-21H,1-5H3. The fraction of sp³-hybridized carbons (Fsp3) is 0.139. The number of hydrogen-bond donors (Lipinski definition) is 0. The number of benzene rings is 5. The highest BCUT2D eigenvalue weighted by atomic mass is 15.2. The molecule has 2 aromatic heterocycles. The predicted octanol–water partition coefficient (Wildman–Crippen LogP) is 9.24. The summed E-state index contributed by atoms with van der Waals surface area (Å²) in [6, 6.07) is 35.5. The molecule has 0 N–H and O–H groups in total. The molecule has 39 heavy (non-hydrogen) atoms. The second-order valence-electron chi connectivity index (χ2n) is 10.9. The van der Waals surface area contributed by atoms with Gasteiger partial charge in [-0.1, -0.05) is 71.8 Å². The molecule has 7 aromatic rings. The predicted molar refractivity (Wildman–Crippen MR) is 165 cm³/mol. The molecule has 3 heteroatoms. The number of fused-ring (bicyclic) bond motifs is 4. The van der Waals surface area contributed by atoms with Crippen LogP contribution in [0.15, 0.2) is 97.1 Å². The summed E-state index contributed by atoms with van der Waals surface area (Å²) in [5.41, 5.74) is 14.6. The average Bonchev–Trinajstić information content (AvgIpc) is 3.42. The summed E-state index contributed by atoms with van der Waals surface area (Å²) in [5, 5.41) is 2.47. The Kier molecular flexibility index (Phi) is 5.24. The quantitative estimate of drug-likeness (QED) is 0.235. The van der Waals surface area contributed by atoms with Gasteiger partial charge in [-0.3, -0.25) is 4.57 Å². The summed E-state index contributed by atoms with van der Waals surface area (Å²) in [4.78, 5) is 5.09. The zero-order valence-electron chi connectivity index (χ0n) is 23.1. The maximum Gasteiger partial charge on any atom is 0.215 e. The van der Waals surface area contributed by atoms with E-state index < -0.39 is 0 Å². The van der Waals surface area contributed by atoms with Crippen LogP contribution in [0.5, 0.6) is 0 Å². The maximum atomic E-state index is 5.09. The van der Waals surface area contributed by atoms with E-state index in [2.05, 4.69) is 141 Å². The summed E-state index contributed by atoms with van der Waals surface area (Å²) in [6.45, 7) is 8.71. The highest BCUT2D eigenvalue weighted by Crippen LogP contribution is 2.38. The molecule has 0 atom stereocenters. The van der Waals surface area contributed by atoms with Crippen molar-refractivity contribution in [3.8, 4) is 28.2 Å². The average molecular weight is 506 g/mol. The first kappa shape index (κ1) is 23.5. The molecule has 5 aromatic carbocycles. The van der Waals surface area contributed by atoms with Gasteiger partial charge in [0.15, 0.2) is 0 Å². The Balaban J connectivity index is 1.55. The van der Waals surface area contributed by atoms with Crippen molar-refractivity contribution in [3.05, 3.63) is 119 Å². The Bertz CT molecular complexity index is 1960. The number of hydrogen-bond acceptors (Lipinski definition) is 1. The van der Waals surface area contributed by atoms with Gasteiger partial charge in [-0.05, 0) is 97.5 Å². The Hall–Kier alpha value is -4.63. The Morgan fingerprint density at radius 3 is 1.59 bits per heavy atom. The summed E-state index contributed by atoms with van der Waals surface area (Å²) in [5.74, 6) is 0.926. The van der Waals surface area contributed by atoms with Crippen LogP contribution in [-0.4, -0.2) is 14.1 Å². The SMILES string of the molecule is Cc1ccc(-c2ccc3c(c2)c2cc(-c4ccc(C)cc4C)ccc2n3-c2nc3ccccc3n2C)c(C)c1. The molecule has 3 nitrogen and oxygen atoms in total. The zero-order valence-corrected chi connectivity index (χ0v) is 23.1. The molecule has 0 aliphatic rings. The largest absolute Gasteiger partial charge is 0.313 e. The van der Waals surface area contributed by atoms with Gasteiger partial charge in [-0.2, -0.15) is 0 Å². The van der Waals surface area contributed by atoms with Crippen LogP contribution in [-0.2, 0) is 7.05 Å². The molecular formula is C36H31N3. The van der Waals surface area contributed by atoms with Crippen LogP contribution in [0.1, 0.15) is 22.3 Å². The van der Waals surface area contributed by atoms with Crippen molar-refractivity contribution in [2.45, 2.75) is 27.7 Å². The Morgan fingerprint density at radius 2 is 1.08 bits per heavy atom. The third-order valence-electron chi connectivity index (χ3n) is 8.11. The van der Waals surface area contributed by atoms with Gasteiger partial charge in [0.25, 0.3) is 0 Å². The van der Waals surface area contributed by atoms with Gasteiger partial charge in [0.1, 0.15) is 0 Å². The van der Waals surface area contributed by atoms with Crippen molar-refractivity contribution in [1.82, 2.24) is 14.1 Å². The lowest BCUT2D eigenvalue weighted by Gasteiger charge is -2.10. The summed E-state index contributed by atoms with van der Waals surface area (Å²) >= 11 is 0. The van der Waals surface area contributed by atoms with Crippen LogP contribution in [0.4, 0.5) is 0 Å². The molecule has 0 bridgehead atoms. The lowest BCUT2D eigenvalue weighted by atomic mass is 9.95. The molecule has 0 aliphatic heterocycles. The monoisotopic (exact) mass is 505 g/mol. The van der Waals surface area contributed by atoms with E-state index in [1.54, 1.807) is 0 Å². The van der Waals surface area contributed by atoms with Crippen LogP contribution in [0.2, 0.25) is 0 Å². The first-order valence-corrected chi connectivity index (χ1v) is 13.5. The number of nitrogens with zero attached hydrogens (tertiary/aromatic N) is 3. The lowest BCUT2D eigenvalue weighted by Crippen LogP contribution is -2.03. The topological polar surface area (TPSA) is 22.8 Å². The van der Waals surface area contributed by atoms with Gasteiger partial charge >= 0.3 is 0 Å². The molecule has 0 aliphatic carbocycles. The fourth-order valence-corrected chi connectivity index (χ4v) is 6.18. The van der Waals surface area contributed by atoms with Gasteiger partial charge in [0, 0.05) is 17.8 Å². The van der Waals surface area contributed by atoms with Crippen molar-refractivity contribution in [3.63, 3.8) is 0 Å². The number of imidazole rings is 1. The first-order valence-electron chi connectivity index (χ1n) is 13.5. The third kappa shape index (κ3) is 3.69. The molecule has 0 saturated carbocycles. The van der Waals surface area contributed by atoms with Crippen LogP contribution in [0, 0.1) is 27.7 Å². The van der Waals surface area contributed by atoms with Gasteiger partial charge in [-0.15, -0.1) is 0 Å². The molecule has 190 valence electrons. The van der Waals surface area contributed by atoms with E-state index >= 15 is 0 Å². The minimum Gasteiger partial charge on any atom is -0.313 e. The van der Waals surface area contributed by atoms with Crippen molar-refractivity contribution in [2.24, 2.45) is 7.05 Å². The summed E-state index contributed by atoms with van der Waals surface area (Å²) < 4.78 is 4.52. The van der Waals surface area contributed by atoms with E-state index in [0.29, 0.717) is 0 Å². The van der Waals surface area contributed by atoms with E-state index in [9.17, 15) is 0 Å². The second-order valence-corrected chi connectivity index (χ2v) is 10.9. The molecule has 0 amide bonds. The van der Waals surface area contributed by atoms with E-state index in [0.717, 1.165) is 28.0 Å². The number of para-hydroxylation sites is 2. The highest BCUT2D eigenvalue weighted by molar-refractivity contribution is 6.11. The van der Waals surface area contributed by atoms with Gasteiger partial charge in [-0.25, -0.2) is 4.98 Å². The second kappa shape index (κ2) is 8.71. The Morgan fingerprint density at radius 1 is 0.538 bits per heavy atom. The molecule has 7 rings (SSSR count). The molecule has 2 heterocycles. The summed E-state index contributed by atoms with van der Waals surface area (Å²) in [7, 11) is 2.11. The summed E-state index contributed by atoms with van der Waals surface area (Å²) in [6.07, 6.45) is 0. The molecule has 0 radical (unpaired) electrons. The Labute approximate surface area is 229 Å². The van der Waals surface area contributed by atoms with Crippen molar-refractivity contribution < 1.29 is 0 Å². The highest BCUT2D eigenvalue weighted by Gasteiger charge is 2.19.